The summed E-state index contributed by atoms with van der Waals surface area (Å²) in [6.07, 6.45) is 0. The van der Waals surface area contributed by atoms with Gasteiger partial charge in [-0.3, -0.25) is 0 Å². The van der Waals surface area contributed by atoms with Crippen LogP contribution in [0.15, 0.2) is 18.2 Å². The molecule has 0 saturated carbocycles. The van der Waals surface area contributed by atoms with E-state index in [4.69, 9.17) is 17.3 Å². The Morgan fingerprint density at radius 2 is 2.11 bits per heavy atom. The first-order chi connectivity index (χ1) is 4.20. The van der Waals surface area contributed by atoms with Gasteiger partial charge < -0.3 is 5.73 Å². The number of nitrogen functional groups attached to an aromatic ring is 1. The third-order valence-corrected chi connectivity index (χ3v) is 1.39. The Hall–Kier alpha value is -0.690. The molecule has 0 fully saturated rings. The highest BCUT2D eigenvalue weighted by molar-refractivity contribution is 6.33. The first-order valence-corrected chi connectivity index (χ1v) is 2.95. The van der Waals surface area contributed by atoms with Gasteiger partial charge in [-0.05, 0) is 24.6 Å². The maximum Gasteiger partial charge on any atom is 0.0638 e. The predicted octanol–water partition coefficient (Wildman–Crippen LogP) is 2.10. The number of benzene rings is 1. The molecule has 0 aliphatic carbocycles. The van der Waals surface area contributed by atoms with Gasteiger partial charge in [0, 0.05) is 0 Å². The lowest BCUT2D eigenvalue weighted by molar-refractivity contribution is 1.60. The van der Waals surface area contributed by atoms with Gasteiger partial charge in [-0.1, -0.05) is 17.7 Å². The molecule has 2 N–H and O–H groups in total. The average Bonchev–Trinajstić information content (AvgIpc) is 1.80. The molecule has 0 aromatic heterocycles. The summed E-state index contributed by atoms with van der Waals surface area (Å²) in [5.74, 6) is 0. The Balaban J connectivity index is 3.17. The fraction of sp³-hybridized carbons (Fsp3) is 0. The Morgan fingerprint density at radius 3 is 2.56 bits per heavy atom. The maximum absolute atomic E-state index is 5.65. The topological polar surface area (TPSA) is 26.0 Å². The summed E-state index contributed by atoms with van der Waals surface area (Å²) in [6, 6.07) is 5.29. The van der Waals surface area contributed by atoms with E-state index in [1.807, 2.05) is 6.07 Å². The van der Waals surface area contributed by atoms with Crippen LogP contribution < -0.4 is 5.73 Å². The molecule has 1 radical (unpaired) electrons. The lowest BCUT2D eigenvalue weighted by Crippen LogP contribution is -1.85. The number of halogens is 1. The molecule has 0 amide bonds. The molecule has 9 heavy (non-hydrogen) atoms. The SMILES string of the molecule is [CH2]c1ccc(N)c(Cl)c1. The van der Waals surface area contributed by atoms with Crippen LogP contribution >= 0.6 is 11.6 Å². The van der Waals surface area contributed by atoms with E-state index >= 15 is 0 Å². The van der Waals surface area contributed by atoms with Crippen molar-refractivity contribution in [1.82, 2.24) is 0 Å². The van der Waals surface area contributed by atoms with E-state index in [9.17, 15) is 0 Å². The van der Waals surface area contributed by atoms with Gasteiger partial charge in [0.25, 0.3) is 0 Å². The van der Waals surface area contributed by atoms with E-state index in [1.165, 1.54) is 0 Å². The third kappa shape index (κ3) is 1.36. The number of hydrogen-bond acceptors (Lipinski definition) is 1. The van der Waals surface area contributed by atoms with E-state index in [0.717, 1.165) is 5.56 Å². The fourth-order valence-corrected chi connectivity index (χ4v) is 0.774. The summed E-state index contributed by atoms with van der Waals surface area (Å²) in [6.45, 7) is 3.68. The maximum atomic E-state index is 5.65. The predicted molar refractivity (Wildman–Crippen MR) is 40.3 cm³/mol. The zero-order valence-electron chi connectivity index (χ0n) is 4.89. The van der Waals surface area contributed by atoms with E-state index in [-0.39, 0.29) is 0 Å². The molecule has 1 aromatic rings. The fourth-order valence-electron chi connectivity index (χ4n) is 0.571. The van der Waals surface area contributed by atoms with Gasteiger partial charge in [0.2, 0.25) is 0 Å². The molecule has 1 rings (SSSR count). The molecule has 0 aliphatic heterocycles. The van der Waals surface area contributed by atoms with Crippen LogP contribution in [0, 0.1) is 6.92 Å². The van der Waals surface area contributed by atoms with Crippen LogP contribution in [0.25, 0.3) is 0 Å². The molecule has 1 nitrogen and oxygen atoms in total. The lowest BCUT2D eigenvalue weighted by atomic mass is 10.2. The van der Waals surface area contributed by atoms with E-state index < -0.39 is 0 Å². The van der Waals surface area contributed by atoms with Crippen LogP contribution in [0.2, 0.25) is 5.02 Å². The van der Waals surface area contributed by atoms with Crippen molar-refractivity contribution in [3.63, 3.8) is 0 Å². The number of rotatable bonds is 0. The Bertz CT molecular complexity index is 220. The molecule has 0 saturated heterocycles. The van der Waals surface area contributed by atoms with Crippen LogP contribution in [0.1, 0.15) is 5.56 Å². The highest BCUT2D eigenvalue weighted by Gasteiger charge is 1.92. The zero-order chi connectivity index (χ0) is 6.85. The van der Waals surface area contributed by atoms with Gasteiger partial charge in [-0.25, -0.2) is 0 Å². The summed E-state index contributed by atoms with van der Waals surface area (Å²) >= 11 is 5.65. The summed E-state index contributed by atoms with van der Waals surface area (Å²) in [5, 5.41) is 0.572. The Kier molecular flexibility index (Phi) is 1.63. The summed E-state index contributed by atoms with van der Waals surface area (Å²) in [4.78, 5) is 0. The van der Waals surface area contributed by atoms with Gasteiger partial charge in [-0.15, -0.1) is 0 Å². The highest BCUT2D eigenvalue weighted by Crippen LogP contribution is 2.18. The van der Waals surface area contributed by atoms with Crippen molar-refractivity contribution in [2.75, 3.05) is 5.73 Å². The monoisotopic (exact) mass is 140 g/mol. The third-order valence-electron chi connectivity index (χ3n) is 1.06. The molecule has 0 spiro atoms. The van der Waals surface area contributed by atoms with Crippen molar-refractivity contribution in [3.05, 3.63) is 35.7 Å². The molecule has 2 heteroatoms. The van der Waals surface area contributed by atoms with Gasteiger partial charge >= 0.3 is 0 Å². The van der Waals surface area contributed by atoms with Gasteiger partial charge in [0.05, 0.1) is 10.7 Å². The molecular weight excluding hydrogens is 134 g/mol. The second-order valence-corrected chi connectivity index (χ2v) is 2.26. The van der Waals surface area contributed by atoms with Crippen LogP contribution in [0.3, 0.4) is 0 Å². The van der Waals surface area contributed by atoms with Crippen molar-refractivity contribution in [3.8, 4) is 0 Å². The minimum Gasteiger partial charge on any atom is -0.398 e. The van der Waals surface area contributed by atoms with Crippen molar-refractivity contribution in [2.24, 2.45) is 0 Å². The van der Waals surface area contributed by atoms with E-state index in [1.54, 1.807) is 12.1 Å². The standard InChI is InChI=1S/C7H7ClN/c1-5-2-3-7(9)6(8)4-5/h2-4H,1,9H2. The summed E-state index contributed by atoms with van der Waals surface area (Å²) < 4.78 is 0. The smallest absolute Gasteiger partial charge is 0.0638 e. The largest absolute Gasteiger partial charge is 0.398 e. The minimum absolute atomic E-state index is 0.572. The number of hydrogen-bond donors (Lipinski definition) is 1. The van der Waals surface area contributed by atoms with Crippen molar-refractivity contribution in [1.29, 1.82) is 0 Å². The molecule has 47 valence electrons. The molecule has 0 atom stereocenters. The highest BCUT2D eigenvalue weighted by atomic mass is 35.5. The average molecular weight is 141 g/mol. The van der Waals surface area contributed by atoms with E-state index in [0.29, 0.717) is 10.7 Å². The number of anilines is 1. The van der Waals surface area contributed by atoms with Crippen molar-refractivity contribution < 1.29 is 0 Å². The van der Waals surface area contributed by atoms with E-state index in [2.05, 4.69) is 6.92 Å². The first kappa shape index (κ1) is 6.43. The molecule has 0 bridgehead atoms. The molecule has 1 aromatic carbocycles. The van der Waals surface area contributed by atoms with Crippen LogP contribution in [-0.2, 0) is 0 Å². The molecule has 0 heterocycles. The van der Waals surface area contributed by atoms with Gasteiger partial charge in [-0.2, -0.15) is 0 Å². The van der Waals surface area contributed by atoms with Gasteiger partial charge in [0.1, 0.15) is 0 Å². The van der Waals surface area contributed by atoms with Gasteiger partial charge in [0.15, 0.2) is 0 Å². The quantitative estimate of drug-likeness (QED) is 0.549. The first-order valence-electron chi connectivity index (χ1n) is 2.57. The molecule has 0 aliphatic rings. The van der Waals surface area contributed by atoms with Crippen LogP contribution in [0.4, 0.5) is 5.69 Å². The van der Waals surface area contributed by atoms with Crippen molar-refractivity contribution in [2.45, 2.75) is 0 Å². The Morgan fingerprint density at radius 1 is 1.44 bits per heavy atom. The number of nitrogens with two attached hydrogens (primary N) is 1. The normalized spacial score (nSPS) is 9.56. The second-order valence-electron chi connectivity index (χ2n) is 1.86. The molecule has 0 unspecified atom stereocenters. The minimum atomic E-state index is 0.572. The second kappa shape index (κ2) is 2.28. The zero-order valence-corrected chi connectivity index (χ0v) is 5.65. The Labute approximate surface area is 59.4 Å². The van der Waals surface area contributed by atoms with Crippen LogP contribution in [0.5, 0.6) is 0 Å². The lowest BCUT2D eigenvalue weighted by Gasteiger charge is -1.96. The molecular formula is C7H7ClN. The van der Waals surface area contributed by atoms with Crippen LogP contribution in [-0.4, -0.2) is 0 Å². The van der Waals surface area contributed by atoms with Crippen molar-refractivity contribution >= 4 is 17.3 Å². The summed E-state index contributed by atoms with van der Waals surface area (Å²) in [5.41, 5.74) is 6.91. The summed E-state index contributed by atoms with van der Waals surface area (Å²) in [7, 11) is 0.